The van der Waals surface area contributed by atoms with E-state index >= 15 is 0 Å². The van der Waals surface area contributed by atoms with Crippen LogP contribution in [0.4, 0.5) is 4.32 Å². The van der Waals surface area contributed by atoms with Gasteiger partial charge in [-0.3, -0.25) is 4.32 Å². The Hall–Kier alpha value is -0.775. The SMILES string of the molecule is FB1O[B]OB(c2ccccc2)O1. The lowest BCUT2D eigenvalue weighted by molar-refractivity contribution is 0.272. The third-order valence-electron chi connectivity index (χ3n) is 1.64. The van der Waals surface area contributed by atoms with Crippen molar-refractivity contribution in [2.24, 2.45) is 0 Å². The summed E-state index contributed by atoms with van der Waals surface area (Å²) in [7, 11) is -1.52. The van der Waals surface area contributed by atoms with Crippen LogP contribution in [0.25, 0.3) is 0 Å². The fraction of sp³-hybridized carbons (Fsp3) is 0. The minimum Gasteiger partial charge on any atom is -0.451 e. The van der Waals surface area contributed by atoms with E-state index in [1.807, 2.05) is 18.2 Å². The molecule has 0 aliphatic carbocycles. The lowest BCUT2D eigenvalue weighted by Crippen LogP contribution is -2.47. The smallest absolute Gasteiger partial charge is 0.451 e. The van der Waals surface area contributed by atoms with Gasteiger partial charge in [0.2, 0.25) is 0 Å². The molecule has 1 aliphatic rings. The van der Waals surface area contributed by atoms with Crippen LogP contribution in [0.5, 0.6) is 0 Å². The van der Waals surface area contributed by atoms with Crippen molar-refractivity contribution in [3.63, 3.8) is 0 Å². The van der Waals surface area contributed by atoms with Gasteiger partial charge in [-0.2, -0.15) is 0 Å². The topological polar surface area (TPSA) is 27.7 Å². The van der Waals surface area contributed by atoms with Crippen molar-refractivity contribution in [3.8, 4) is 0 Å². The Morgan fingerprint density at radius 1 is 1.15 bits per heavy atom. The van der Waals surface area contributed by atoms with E-state index in [1.54, 1.807) is 12.1 Å². The van der Waals surface area contributed by atoms with Gasteiger partial charge in [0.1, 0.15) is 0 Å². The molecule has 0 atom stereocenters. The molecule has 1 aromatic carbocycles. The van der Waals surface area contributed by atoms with E-state index in [0.29, 0.717) is 0 Å². The normalized spacial score (nSPS) is 17.0. The summed E-state index contributed by atoms with van der Waals surface area (Å²) in [6.07, 6.45) is 0. The molecular formula is C6H5B3FO3. The Bertz CT molecular complexity index is 273. The Kier molecular flexibility index (Phi) is 2.68. The molecule has 3 nitrogen and oxygen atoms in total. The number of rotatable bonds is 1. The zero-order valence-corrected chi connectivity index (χ0v) is 6.72. The third kappa shape index (κ3) is 2.12. The van der Waals surface area contributed by atoms with Gasteiger partial charge in [-0.05, 0) is 5.46 Å². The van der Waals surface area contributed by atoms with Crippen molar-refractivity contribution in [2.45, 2.75) is 0 Å². The Morgan fingerprint density at radius 3 is 2.62 bits per heavy atom. The molecule has 1 fully saturated rings. The maximum Gasteiger partial charge on any atom is 0.652 e. The second kappa shape index (κ2) is 3.96. The van der Waals surface area contributed by atoms with Crippen LogP contribution < -0.4 is 5.46 Å². The van der Waals surface area contributed by atoms with Gasteiger partial charge < -0.3 is 13.7 Å². The minimum atomic E-state index is -1.75. The largest absolute Gasteiger partial charge is 0.652 e. The van der Waals surface area contributed by atoms with Crippen LogP contribution in [0.3, 0.4) is 0 Å². The molecule has 0 amide bonds. The predicted octanol–water partition coefficient (Wildman–Crippen LogP) is -0.0662. The van der Waals surface area contributed by atoms with Crippen LogP contribution in [-0.2, 0) is 13.7 Å². The highest BCUT2D eigenvalue weighted by Crippen LogP contribution is 2.03. The third-order valence-corrected chi connectivity index (χ3v) is 1.64. The summed E-state index contributed by atoms with van der Waals surface area (Å²) in [5, 5.41) is 0. The minimum absolute atomic E-state index is 0.718. The van der Waals surface area contributed by atoms with Crippen molar-refractivity contribution < 1.29 is 18.0 Å². The van der Waals surface area contributed by atoms with Crippen LogP contribution in [0, 0.1) is 0 Å². The summed E-state index contributed by atoms with van der Waals surface area (Å²) in [4.78, 5) is 0. The summed E-state index contributed by atoms with van der Waals surface area (Å²) in [5.74, 6) is 0. The van der Waals surface area contributed by atoms with E-state index < -0.39 is 14.5 Å². The average Bonchev–Trinajstić information content (AvgIpc) is 2.19. The lowest BCUT2D eigenvalue weighted by atomic mass is 9.75. The van der Waals surface area contributed by atoms with Gasteiger partial charge in [-0.1, -0.05) is 30.3 Å². The molecule has 0 spiro atoms. The monoisotopic (exact) mass is 177 g/mol. The molecule has 7 heteroatoms. The second-order valence-electron chi connectivity index (χ2n) is 2.52. The molecule has 0 N–H and O–H groups in total. The highest BCUT2D eigenvalue weighted by Gasteiger charge is 2.35. The van der Waals surface area contributed by atoms with Crippen LogP contribution in [0.1, 0.15) is 0 Å². The molecule has 0 unspecified atom stereocenters. The molecule has 0 bridgehead atoms. The number of halogens is 1. The van der Waals surface area contributed by atoms with Crippen molar-refractivity contribution in [1.29, 1.82) is 0 Å². The van der Waals surface area contributed by atoms with Gasteiger partial charge in [0.15, 0.2) is 0 Å². The molecule has 13 heavy (non-hydrogen) atoms. The van der Waals surface area contributed by atoms with E-state index in [2.05, 4.69) is 4.57 Å². The number of hydrogen-bond donors (Lipinski definition) is 0. The summed E-state index contributed by atoms with van der Waals surface area (Å²) in [5.41, 5.74) is 0.754. The van der Waals surface area contributed by atoms with Gasteiger partial charge >= 0.3 is 22.2 Å². The van der Waals surface area contributed by atoms with E-state index in [4.69, 9.17) is 9.14 Å². The zero-order chi connectivity index (χ0) is 9.10. The Morgan fingerprint density at radius 2 is 1.92 bits per heavy atom. The molecule has 1 aromatic rings. The fourth-order valence-electron chi connectivity index (χ4n) is 1.05. The van der Waals surface area contributed by atoms with E-state index in [-0.39, 0.29) is 0 Å². The first-order valence-electron chi connectivity index (χ1n) is 3.83. The second-order valence-corrected chi connectivity index (χ2v) is 2.52. The van der Waals surface area contributed by atoms with Crippen molar-refractivity contribution in [1.82, 2.24) is 0 Å². The first kappa shape index (κ1) is 8.81. The van der Waals surface area contributed by atoms with Crippen molar-refractivity contribution in [2.75, 3.05) is 0 Å². The fourth-order valence-corrected chi connectivity index (χ4v) is 1.05. The van der Waals surface area contributed by atoms with Gasteiger partial charge in [0.05, 0.1) is 0 Å². The van der Waals surface area contributed by atoms with Gasteiger partial charge in [0.25, 0.3) is 0 Å². The molecule has 1 aliphatic heterocycles. The van der Waals surface area contributed by atoms with Crippen LogP contribution in [-0.4, -0.2) is 22.2 Å². The average molecular weight is 177 g/mol. The van der Waals surface area contributed by atoms with Gasteiger partial charge in [-0.15, -0.1) is 0 Å². The summed E-state index contributed by atoms with van der Waals surface area (Å²) in [6.45, 7) is 0. The highest BCUT2D eigenvalue weighted by molar-refractivity contribution is 6.73. The number of hydrogen-bond acceptors (Lipinski definition) is 3. The zero-order valence-electron chi connectivity index (χ0n) is 6.72. The molecule has 1 saturated heterocycles. The molecule has 2 rings (SSSR count). The summed E-state index contributed by atoms with van der Waals surface area (Å²) < 4.78 is 26.5. The molecule has 1 heterocycles. The molecule has 0 saturated carbocycles. The standard InChI is InChI=1S/C6H5B3FO3/c10-9-12-7-11-8(13-9)6-4-2-1-3-5-6/h1-5H. The van der Waals surface area contributed by atoms with Crippen LogP contribution in [0.2, 0.25) is 0 Å². The molecule has 1 radical (unpaired) electrons. The van der Waals surface area contributed by atoms with Crippen LogP contribution in [0.15, 0.2) is 30.3 Å². The molecule has 63 valence electrons. The summed E-state index contributed by atoms with van der Waals surface area (Å²) in [6, 6.07) is 9.09. The first-order valence-corrected chi connectivity index (χ1v) is 3.83. The molecule has 0 aromatic heterocycles. The first-order chi connectivity index (χ1) is 6.36. The van der Waals surface area contributed by atoms with Crippen molar-refractivity contribution in [3.05, 3.63) is 30.3 Å². The van der Waals surface area contributed by atoms with E-state index in [0.717, 1.165) is 13.1 Å². The Labute approximate surface area is 76.8 Å². The van der Waals surface area contributed by atoms with Gasteiger partial charge in [0, 0.05) is 0 Å². The Balaban J connectivity index is 2.08. The van der Waals surface area contributed by atoms with Crippen molar-refractivity contribution >= 4 is 27.7 Å². The molecular weight excluding hydrogens is 171 g/mol. The predicted molar refractivity (Wildman–Crippen MR) is 47.7 cm³/mol. The number of benzene rings is 1. The van der Waals surface area contributed by atoms with E-state index in [9.17, 15) is 4.32 Å². The highest BCUT2D eigenvalue weighted by atomic mass is 19.1. The van der Waals surface area contributed by atoms with E-state index in [1.165, 1.54) is 0 Å². The van der Waals surface area contributed by atoms with Crippen LogP contribution >= 0.6 is 0 Å². The lowest BCUT2D eigenvalue weighted by Gasteiger charge is -2.20. The maximum atomic E-state index is 12.6. The maximum absolute atomic E-state index is 12.6. The summed E-state index contributed by atoms with van der Waals surface area (Å²) >= 11 is 0. The van der Waals surface area contributed by atoms with Gasteiger partial charge in [-0.25, -0.2) is 0 Å². The quantitative estimate of drug-likeness (QED) is 0.561.